The van der Waals surface area contributed by atoms with E-state index in [1.165, 1.54) is 0 Å². The van der Waals surface area contributed by atoms with Crippen LogP contribution in [0.3, 0.4) is 0 Å². The van der Waals surface area contributed by atoms with Gasteiger partial charge in [0.1, 0.15) is 6.04 Å². The molecule has 0 aliphatic rings. The standard InChI is InChI=1S/C13H18BrN5/c1-3-6-19-13(10(14)8-17-19)12(18-15)11-7-9(2)4-5-16-11/h4-5,7-8,12,18H,3,6,15H2,1-2H3. The molecular formula is C13H18BrN5. The van der Waals surface area contributed by atoms with Gasteiger partial charge in [0.25, 0.3) is 0 Å². The lowest BCUT2D eigenvalue weighted by Crippen LogP contribution is -2.31. The highest BCUT2D eigenvalue weighted by atomic mass is 79.9. The molecule has 5 nitrogen and oxygen atoms in total. The van der Waals surface area contributed by atoms with Gasteiger partial charge in [-0.05, 0) is 47.0 Å². The zero-order valence-corrected chi connectivity index (χ0v) is 12.7. The summed E-state index contributed by atoms with van der Waals surface area (Å²) in [4.78, 5) is 4.40. The quantitative estimate of drug-likeness (QED) is 0.654. The minimum Gasteiger partial charge on any atom is -0.270 e. The monoisotopic (exact) mass is 323 g/mol. The minimum absolute atomic E-state index is 0.177. The molecule has 6 heteroatoms. The SMILES string of the molecule is CCCn1ncc(Br)c1C(NN)c1cc(C)ccn1. The first-order valence-corrected chi connectivity index (χ1v) is 7.06. The molecule has 2 rings (SSSR count). The second-order valence-corrected chi connectivity index (χ2v) is 5.31. The van der Waals surface area contributed by atoms with Crippen LogP contribution in [-0.2, 0) is 6.54 Å². The van der Waals surface area contributed by atoms with E-state index in [2.05, 4.69) is 38.4 Å². The van der Waals surface area contributed by atoms with Crippen molar-refractivity contribution in [3.8, 4) is 0 Å². The summed E-state index contributed by atoms with van der Waals surface area (Å²) in [6, 6.07) is 3.82. The van der Waals surface area contributed by atoms with E-state index in [0.29, 0.717) is 0 Å². The van der Waals surface area contributed by atoms with Gasteiger partial charge in [-0.25, -0.2) is 5.43 Å². The van der Waals surface area contributed by atoms with E-state index in [9.17, 15) is 0 Å². The number of pyridine rings is 1. The maximum Gasteiger partial charge on any atom is 0.106 e. The van der Waals surface area contributed by atoms with Crippen LogP contribution in [0.1, 0.15) is 36.3 Å². The third kappa shape index (κ3) is 3.02. The average molecular weight is 324 g/mol. The maximum absolute atomic E-state index is 5.73. The molecule has 2 aromatic rings. The van der Waals surface area contributed by atoms with Crippen molar-refractivity contribution in [3.63, 3.8) is 0 Å². The van der Waals surface area contributed by atoms with Crippen molar-refractivity contribution in [1.29, 1.82) is 0 Å². The number of halogens is 1. The van der Waals surface area contributed by atoms with E-state index in [0.717, 1.165) is 34.4 Å². The van der Waals surface area contributed by atoms with E-state index in [1.54, 1.807) is 12.4 Å². The van der Waals surface area contributed by atoms with Crippen LogP contribution in [0.2, 0.25) is 0 Å². The molecule has 0 aliphatic carbocycles. The summed E-state index contributed by atoms with van der Waals surface area (Å²) >= 11 is 3.54. The summed E-state index contributed by atoms with van der Waals surface area (Å²) in [5.74, 6) is 5.73. The Labute approximate surface area is 121 Å². The van der Waals surface area contributed by atoms with Crippen molar-refractivity contribution in [2.24, 2.45) is 5.84 Å². The van der Waals surface area contributed by atoms with Gasteiger partial charge in [-0.15, -0.1) is 0 Å². The number of nitrogens with one attached hydrogen (secondary N) is 1. The van der Waals surface area contributed by atoms with Crippen molar-refractivity contribution >= 4 is 15.9 Å². The number of hydrazine groups is 1. The van der Waals surface area contributed by atoms with Crippen LogP contribution in [0, 0.1) is 6.92 Å². The lowest BCUT2D eigenvalue weighted by molar-refractivity contribution is 0.513. The fourth-order valence-electron chi connectivity index (χ4n) is 2.07. The van der Waals surface area contributed by atoms with E-state index in [4.69, 9.17) is 5.84 Å². The summed E-state index contributed by atoms with van der Waals surface area (Å²) in [5, 5.41) is 4.37. The highest BCUT2D eigenvalue weighted by molar-refractivity contribution is 9.10. The summed E-state index contributed by atoms with van der Waals surface area (Å²) in [6.45, 7) is 5.01. The molecule has 0 spiro atoms. The number of aryl methyl sites for hydroxylation is 2. The highest BCUT2D eigenvalue weighted by Crippen LogP contribution is 2.27. The van der Waals surface area contributed by atoms with E-state index < -0.39 is 0 Å². The van der Waals surface area contributed by atoms with Crippen LogP contribution >= 0.6 is 15.9 Å². The Kier molecular flexibility index (Phi) is 4.68. The molecular weight excluding hydrogens is 306 g/mol. The molecule has 0 radical (unpaired) electrons. The molecule has 0 aromatic carbocycles. The average Bonchev–Trinajstić information content (AvgIpc) is 2.74. The van der Waals surface area contributed by atoms with E-state index >= 15 is 0 Å². The normalized spacial score (nSPS) is 12.6. The molecule has 0 bridgehead atoms. The Morgan fingerprint density at radius 1 is 1.53 bits per heavy atom. The first-order chi connectivity index (χ1) is 9.17. The lowest BCUT2D eigenvalue weighted by atomic mass is 10.1. The molecule has 0 aliphatic heterocycles. The van der Waals surface area contributed by atoms with Gasteiger partial charge in [0.15, 0.2) is 0 Å². The van der Waals surface area contributed by atoms with Gasteiger partial charge < -0.3 is 0 Å². The largest absolute Gasteiger partial charge is 0.270 e. The lowest BCUT2D eigenvalue weighted by Gasteiger charge is -2.18. The second kappa shape index (κ2) is 6.27. The molecule has 0 amide bonds. The number of aromatic nitrogens is 3. The van der Waals surface area contributed by atoms with E-state index in [-0.39, 0.29) is 6.04 Å². The molecule has 0 saturated carbocycles. The van der Waals surface area contributed by atoms with Crippen molar-refractivity contribution in [3.05, 3.63) is 46.0 Å². The van der Waals surface area contributed by atoms with Crippen LogP contribution < -0.4 is 11.3 Å². The van der Waals surface area contributed by atoms with E-state index in [1.807, 2.05) is 23.7 Å². The van der Waals surface area contributed by atoms with Crippen LogP contribution in [0.4, 0.5) is 0 Å². The summed E-state index contributed by atoms with van der Waals surface area (Å²) in [5.41, 5.74) is 5.88. The Balaban J connectivity index is 2.44. The van der Waals surface area contributed by atoms with Crippen LogP contribution in [-0.4, -0.2) is 14.8 Å². The number of nitrogens with two attached hydrogens (primary N) is 1. The predicted octanol–water partition coefficient (Wildman–Crippen LogP) is 2.31. The molecule has 3 N–H and O–H groups in total. The molecule has 2 aromatic heterocycles. The minimum atomic E-state index is -0.177. The number of hydrogen-bond acceptors (Lipinski definition) is 4. The number of nitrogens with zero attached hydrogens (tertiary/aromatic N) is 3. The Morgan fingerprint density at radius 3 is 2.95 bits per heavy atom. The highest BCUT2D eigenvalue weighted by Gasteiger charge is 2.21. The van der Waals surface area contributed by atoms with Gasteiger partial charge in [-0.1, -0.05) is 6.92 Å². The first kappa shape index (κ1) is 14.2. The zero-order valence-electron chi connectivity index (χ0n) is 11.1. The van der Waals surface area contributed by atoms with Gasteiger partial charge in [-0.3, -0.25) is 15.5 Å². The van der Waals surface area contributed by atoms with Gasteiger partial charge in [0, 0.05) is 12.7 Å². The van der Waals surface area contributed by atoms with Crippen LogP contribution in [0.15, 0.2) is 29.0 Å². The Bertz CT molecular complexity index is 552. The Hall–Kier alpha value is -1.24. The predicted molar refractivity (Wildman–Crippen MR) is 78.4 cm³/mol. The number of rotatable bonds is 5. The van der Waals surface area contributed by atoms with Crippen molar-refractivity contribution in [2.45, 2.75) is 32.9 Å². The Morgan fingerprint density at radius 2 is 2.32 bits per heavy atom. The van der Waals surface area contributed by atoms with Gasteiger partial charge in [-0.2, -0.15) is 5.10 Å². The third-order valence-electron chi connectivity index (χ3n) is 2.94. The fourth-order valence-corrected chi connectivity index (χ4v) is 2.60. The first-order valence-electron chi connectivity index (χ1n) is 6.27. The topological polar surface area (TPSA) is 68.8 Å². The fraction of sp³-hybridized carbons (Fsp3) is 0.385. The molecule has 1 atom stereocenters. The second-order valence-electron chi connectivity index (χ2n) is 4.46. The van der Waals surface area contributed by atoms with Crippen LogP contribution in [0.5, 0.6) is 0 Å². The van der Waals surface area contributed by atoms with Crippen molar-refractivity contribution < 1.29 is 0 Å². The van der Waals surface area contributed by atoms with Gasteiger partial charge in [0.05, 0.1) is 22.1 Å². The molecule has 0 saturated heterocycles. The van der Waals surface area contributed by atoms with Gasteiger partial charge in [0.2, 0.25) is 0 Å². The molecule has 1 unspecified atom stereocenters. The molecule has 102 valence electrons. The molecule has 2 heterocycles. The molecule has 19 heavy (non-hydrogen) atoms. The molecule has 0 fully saturated rings. The summed E-state index contributed by atoms with van der Waals surface area (Å²) in [6.07, 6.45) is 4.61. The third-order valence-corrected chi connectivity index (χ3v) is 3.55. The summed E-state index contributed by atoms with van der Waals surface area (Å²) in [7, 11) is 0. The smallest absolute Gasteiger partial charge is 0.106 e. The van der Waals surface area contributed by atoms with Crippen LogP contribution in [0.25, 0.3) is 0 Å². The van der Waals surface area contributed by atoms with Gasteiger partial charge >= 0.3 is 0 Å². The van der Waals surface area contributed by atoms with Crippen molar-refractivity contribution in [2.75, 3.05) is 0 Å². The zero-order chi connectivity index (χ0) is 13.8. The summed E-state index contributed by atoms with van der Waals surface area (Å²) < 4.78 is 2.89. The van der Waals surface area contributed by atoms with Crippen molar-refractivity contribution in [1.82, 2.24) is 20.2 Å². The maximum atomic E-state index is 5.73. The number of hydrogen-bond donors (Lipinski definition) is 2.